The molecule has 0 saturated heterocycles. The summed E-state index contributed by atoms with van der Waals surface area (Å²) >= 11 is 6.79. The van der Waals surface area contributed by atoms with Crippen LogP contribution < -0.4 is 4.87 Å². The average Bonchev–Trinajstić information content (AvgIpc) is 2.56. The molecule has 0 bridgehead atoms. The number of nitrogens with zero attached hydrogens (tertiary/aromatic N) is 1. The second-order valence-electron chi connectivity index (χ2n) is 3.31. The Morgan fingerprint density at radius 2 is 1.94 bits per heavy atom. The first-order valence-corrected chi connectivity index (χ1v) is 5.76. The fourth-order valence-electron chi connectivity index (χ4n) is 1.36. The lowest BCUT2D eigenvalue weighted by atomic mass is 10.2. The van der Waals surface area contributed by atoms with Gasteiger partial charge in [0.1, 0.15) is 10.0 Å². The fraction of sp³-hybridized carbons (Fsp3) is 0.0909. The number of halogens is 1. The number of aromatic nitrogens is 1. The Bertz CT molecular complexity index is 583. The smallest absolute Gasteiger partial charge is 0.297 e. The molecule has 0 fully saturated rings. The molecule has 2 rings (SSSR count). The van der Waals surface area contributed by atoms with E-state index >= 15 is 0 Å². The van der Waals surface area contributed by atoms with Crippen LogP contribution in [-0.4, -0.2) is 10.9 Å². The maximum atomic E-state index is 11.6. The van der Waals surface area contributed by atoms with Gasteiger partial charge in [0.05, 0.1) is 5.69 Å². The molecule has 82 valence electrons. The first kappa shape index (κ1) is 11.1. The van der Waals surface area contributed by atoms with Crippen molar-refractivity contribution in [1.29, 1.82) is 0 Å². The number of aryl methyl sites for hydroxylation is 1. The Labute approximate surface area is 101 Å². The summed E-state index contributed by atoms with van der Waals surface area (Å²) in [6.07, 6.45) is 0.596. The van der Waals surface area contributed by atoms with Gasteiger partial charge in [-0.3, -0.25) is 14.2 Å². The zero-order valence-electron chi connectivity index (χ0n) is 8.44. The molecule has 0 aliphatic heterocycles. The predicted octanol–water partition coefficient (Wildman–Crippen LogP) is 2.67. The summed E-state index contributed by atoms with van der Waals surface area (Å²) in [6, 6.07) is 7.36. The molecule has 16 heavy (non-hydrogen) atoms. The summed E-state index contributed by atoms with van der Waals surface area (Å²) in [4.78, 5) is 22.3. The average molecular weight is 254 g/mol. The molecule has 0 N–H and O–H groups in total. The van der Waals surface area contributed by atoms with Crippen LogP contribution in [0.4, 0.5) is 0 Å². The van der Waals surface area contributed by atoms with E-state index in [1.165, 1.54) is 4.57 Å². The van der Waals surface area contributed by atoms with Crippen molar-refractivity contribution in [3.63, 3.8) is 0 Å². The van der Waals surface area contributed by atoms with Gasteiger partial charge < -0.3 is 0 Å². The third kappa shape index (κ3) is 1.81. The minimum atomic E-state index is -0.254. The quantitative estimate of drug-likeness (QED) is 0.772. The Morgan fingerprint density at radius 3 is 2.44 bits per heavy atom. The van der Waals surface area contributed by atoms with Gasteiger partial charge in [-0.1, -0.05) is 40.6 Å². The van der Waals surface area contributed by atoms with Crippen LogP contribution in [0.3, 0.4) is 0 Å². The number of thiazole rings is 1. The lowest BCUT2D eigenvalue weighted by Crippen LogP contribution is -2.10. The molecule has 0 atom stereocenters. The van der Waals surface area contributed by atoms with Gasteiger partial charge >= 0.3 is 4.87 Å². The molecule has 1 aromatic carbocycles. The third-order valence-corrected chi connectivity index (χ3v) is 3.53. The molecular weight excluding hydrogens is 246 g/mol. The van der Waals surface area contributed by atoms with E-state index in [1.54, 1.807) is 12.1 Å². The highest BCUT2D eigenvalue weighted by molar-refractivity contribution is 7.11. The number of carbonyl (C=O) groups is 1. The van der Waals surface area contributed by atoms with Crippen molar-refractivity contribution < 1.29 is 4.79 Å². The van der Waals surface area contributed by atoms with Gasteiger partial charge in [0.15, 0.2) is 6.29 Å². The molecule has 5 heteroatoms. The van der Waals surface area contributed by atoms with Crippen LogP contribution in [-0.2, 0) is 0 Å². The van der Waals surface area contributed by atoms with E-state index in [0.717, 1.165) is 16.9 Å². The molecule has 0 amide bonds. The van der Waals surface area contributed by atoms with Gasteiger partial charge in [0, 0.05) is 0 Å². The van der Waals surface area contributed by atoms with Crippen molar-refractivity contribution in [2.75, 3.05) is 0 Å². The molecule has 1 aromatic heterocycles. The number of hydrogen-bond donors (Lipinski definition) is 0. The minimum absolute atomic E-state index is 0.175. The van der Waals surface area contributed by atoms with Crippen LogP contribution in [0, 0.1) is 6.92 Å². The van der Waals surface area contributed by atoms with Gasteiger partial charge in [0.25, 0.3) is 0 Å². The van der Waals surface area contributed by atoms with Gasteiger partial charge in [-0.2, -0.15) is 0 Å². The van der Waals surface area contributed by atoms with Crippen LogP contribution >= 0.6 is 22.9 Å². The van der Waals surface area contributed by atoms with Crippen LogP contribution in [0.5, 0.6) is 0 Å². The summed E-state index contributed by atoms with van der Waals surface area (Å²) < 4.78 is 1.33. The SMILES string of the molecule is Cc1ccc(-n2c(Cl)c(C=O)sc2=O)cc1. The van der Waals surface area contributed by atoms with Crippen molar-refractivity contribution in [3.05, 3.63) is 49.5 Å². The molecule has 0 aliphatic rings. The van der Waals surface area contributed by atoms with Crippen LogP contribution in [0.25, 0.3) is 5.69 Å². The topological polar surface area (TPSA) is 39.1 Å². The lowest BCUT2D eigenvalue weighted by Gasteiger charge is -2.03. The van der Waals surface area contributed by atoms with Crippen molar-refractivity contribution in [3.8, 4) is 5.69 Å². The molecule has 0 unspecified atom stereocenters. The second-order valence-corrected chi connectivity index (χ2v) is 4.66. The van der Waals surface area contributed by atoms with Gasteiger partial charge in [-0.05, 0) is 19.1 Å². The normalized spacial score (nSPS) is 10.4. The Kier molecular flexibility index (Phi) is 2.94. The second kappa shape index (κ2) is 4.23. The highest BCUT2D eigenvalue weighted by Gasteiger charge is 2.13. The van der Waals surface area contributed by atoms with Crippen LogP contribution in [0.2, 0.25) is 5.15 Å². The van der Waals surface area contributed by atoms with Crippen molar-refractivity contribution in [2.24, 2.45) is 0 Å². The van der Waals surface area contributed by atoms with E-state index in [9.17, 15) is 9.59 Å². The molecule has 0 saturated carbocycles. The highest BCUT2D eigenvalue weighted by atomic mass is 35.5. The summed E-state index contributed by atoms with van der Waals surface area (Å²) in [7, 11) is 0. The van der Waals surface area contributed by atoms with Crippen molar-refractivity contribution in [1.82, 2.24) is 4.57 Å². The van der Waals surface area contributed by atoms with E-state index in [1.807, 2.05) is 19.1 Å². The number of aldehydes is 1. The highest BCUT2D eigenvalue weighted by Crippen LogP contribution is 2.21. The number of rotatable bonds is 2. The summed E-state index contributed by atoms with van der Waals surface area (Å²) in [6.45, 7) is 1.96. The molecule has 3 nitrogen and oxygen atoms in total. The van der Waals surface area contributed by atoms with E-state index in [-0.39, 0.29) is 14.9 Å². The van der Waals surface area contributed by atoms with Crippen molar-refractivity contribution in [2.45, 2.75) is 6.92 Å². The molecule has 0 aliphatic carbocycles. The Hall–Kier alpha value is -1.39. The standard InChI is InChI=1S/C11H8ClNO2S/c1-7-2-4-8(5-3-7)13-10(12)9(6-14)16-11(13)15/h2-6H,1H3. The van der Waals surface area contributed by atoms with Gasteiger partial charge in [-0.25, -0.2) is 0 Å². The van der Waals surface area contributed by atoms with E-state index in [0.29, 0.717) is 12.0 Å². The molecule has 0 spiro atoms. The summed E-state index contributed by atoms with van der Waals surface area (Å²) in [5.74, 6) is 0. The monoisotopic (exact) mass is 253 g/mol. The zero-order chi connectivity index (χ0) is 11.7. The van der Waals surface area contributed by atoms with Crippen LogP contribution in [0.1, 0.15) is 15.2 Å². The lowest BCUT2D eigenvalue weighted by molar-refractivity contribution is 0.112. The summed E-state index contributed by atoms with van der Waals surface area (Å²) in [5.41, 5.74) is 1.77. The maximum Gasteiger partial charge on any atom is 0.313 e. The predicted molar refractivity (Wildman–Crippen MR) is 65.1 cm³/mol. The fourth-order valence-corrected chi connectivity index (χ4v) is 2.44. The van der Waals surface area contributed by atoms with Gasteiger partial charge in [0.2, 0.25) is 0 Å². The Balaban J connectivity index is 2.64. The molecule has 2 aromatic rings. The minimum Gasteiger partial charge on any atom is -0.297 e. The number of benzene rings is 1. The summed E-state index contributed by atoms with van der Waals surface area (Å²) in [5, 5.41) is 0.175. The molecular formula is C11H8ClNO2S. The zero-order valence-corrected chi connectivity index (χ0v) is 10.0. The van der Waals surface area contributed by atoms with E-state index in [4.69, 9.17) is 11.6 Å². The van der Waals surface area contributed by atoms with E-state index < -0.39 is 0 Å². The number of carbonyl (C=O) groups excluding carboxylic acids is 1. The van der Waals surface area contributed by atoms with Crippen molar-refractivity contribution >= 4 is 29.2 Å². The first-order chi connectivity index (χ1) is 7.63. The number of hydrogen-bond acceptors (Lipinski definition) is 3. The third-order valence-electron chi connectivity index (χ3n) is 2.18. The largest absolute Gasteiger partial charge is 0.313 e. The maximum absolute atomic E-state index is 11.6. The van der Waals surface area contributed by atoms with Crippen LogP contribution in [0.15, 0.2) is 29.1 Å². The molecule has 1 heterocycles. The molecule has 0 radical (unpaired) electrons. The van der Waals surface area contributed by atoms with E-state index in [2.05, 4.69) is 0 Å². The van der Waals surface area contributed by atoms with Gasteiger partial charge in [-0.15, -0.1) is 0 Å². The Morgan fingerprint density at radius 1 is 1.31 bits per heavy atom. The first-order valence-electron chi connectivity index (χ1n) is 4.57.